The molecule has 2 nitrogen and oxygen atoms in total. The molecule has 6 rings (SSSR count). The first kappa shape index (κ1) is 18.2. The number of aromatic nitrogens is 2. The van der Waals surface area contributed by atoms with Gasteiger partial charge in [-0.25, -0.2) is 4.98 Å². The van der Waals surface area contributed by atoms with E-state index in [9.17, 15) is 0 Å². The van der Waals surface area contributed by atoms with Crippen molar-refractivity contribution in [3.8, 4) is 22.4 Å². The average Bonchev–Trinajstić information content (AvgIpc) is 2.83. The highest BCUT2D eigenvalue weighted by atomic mass is 79.9. The lowest BCUT2D eigenvalue weighted by atomic mass is 9.94. The summed E-state index contributed by atoms with van der Waals surface area (Å²) < 4.78 is 1.07. The number of halogens is 1. The molecule has 31 heavy (non-hydrogen) atoms. The summed E-state index contributed by atoms with van der Waals surface area (Å²) in [5.74, 6) is 0. The van der Waals surface area contributed by atoms with Crippen molar-refractivity contribution in [2.24, 2.45) is 0 Å². The summed E-state index contributed by atoms with van der Waals surface area (Å²) in [7, 11) is 0. The number of rotatable bonds is 2. The van der Waals surface area contributed by atoms with Crippen molar-refractivity contribution in [1.82, 2.24) is 9.97 Å². The van der Waals surface area contributed by atoms with Crippen LogP contribution in [0.1, 0.15) is 0 Å². The van der Waals surface area contributed by atoms with E-state index >= 15 is 0 Å². The van der Waals surface area contributed by atoms with E-state index in [1.54, 1.807) is 0 Å². The molecular weight excluding hydrogens is 444 g/mol. The molecule has 0 unspecified atom stereocenters. The van der Waals surface area contributed by atoms with Gasteiger partial charge in [-0.05, 0) is 64.4 Å². The lowest BCUT2D eigenvalue weighted by Crippen LogP contribution is -1.91. The molecule has 0 saturated carbocycles. The van der Waals surface area contributed by atoms with Crippen LogP contribution in [0.2, 0.25) is 0 Å². The zero-order valence-corrected chi connectivity index (χ0v) is 18.2. The largest absolute Gasteiger partial charge is 0.256 e. The molecule has 0 aliphatic heterocycles. The second-order valence-electron chi connectivity index (χ2n) is 7.65. The minimum atomic E-state index is 0.964. The van der Waals surface area contributed by atoms with Gasteiger partial charge in [-0.1, -0.05) is 70.5 Å². The minimum Gasteiger partial charge on any atom is -0.256 e. The van der Waals surface area contributed by atoms with E-state index in [1.807, 2.05) is 12.3 Å². The molecule has 2 heterocycles. The Labute approximate surface area is 188 Å². The predicted molar refractivity (Wildman–Crippen MR) is 133 cm³/mol. The van der Waals surface area contributed by atoms with Crippen molar-refractivity contribution in [1.29, 1.82) is 0 Å². The third-order valence-electron chi connectivity index (χ3n) is 5.75. The van der Waals surface area contributed by atoms with E-state index < -0.39 is 0 Å². The van der Waals surface area contributed by atoms with Gasteiger partial charge in [0.25, 0.3) is 0 Å². The monoisotopic (exact) mass is 460 g/mol. The molecular formula is C28H17BrN2. The molecule has 0 atom stereocenters. The normalized spacial score (nSPS) is 11.4. The van der Waals surface area contributed by atoms with Crippen molar-refractivity contribution in [2.45, 2.75) is 0 Å². The standard InChI is InChI=1S/C28H17BrN2/c29-22-11-7-19(8-12-22)24-17-27(21-10-13-25-20(16-21)5-3-15-30-25)31-26-14-9-18-4-1-2-6-23(18)28(24)26/h1-17H. The highest BCUT2D eigenvalue weighted by Gasteiger charge is 2.13. The molecule has 0 fully saturated rings. The Morgan fingerprint density at radius 1 is 0.613 bits per heavy atom. The van der Waals surface area contributed by atoms with E-state index in [4.69, 9.17) is 4.98 Å². The Kier molecular flexibility index (Phi) is 4.29. The molecule has 2 aromatic heterocycles. The van der Waals surface area contributed by atoms with Crippen LogP contribution in [-0.4, -0.2) is 9.97 Å². The van der Waals surface area contributed by atoms with Crippen LogP contribution in [0.25, 0.3) is 55.0 Å². The predicted octanol–water partition coefficient (Wildman–Crippen LogP) is 8.03. The molecule has 4 aromatic carbocycles. The Hall–Kier alpha value is -3.56. The van der Waals surface area contributed by atoms with E-state index in [0.29, 0.717) is 0 Å². The van der Waals surface area contributed by atoms with Crippen molar-refractivity contribution >= 4 is 48.5 Å². The fourth-order valence-corrected chi connectivity index (χ4v) is 4.51. The van der Waals surface area contributed by atoms with Gasteiger partial charge in [-0.15, -0.1) is 0 Å². The molecule has 0 aliphatic carbocycles. The second kappa shape index (κ2) is 7.29. The highest BCUT2D eigenvalue weighted by Crippen LogP contribution is 2.37. The fourth-order valence-electron chi connectivity index (χ4n) is 4.25. The SMILES string of the molecule is Brc1ccc(-c2cc(-c3ccc4ncccc4c3)nc3ccc4ccccc4c23)cc1. The lowest BCUT2D eigenvalue weighted by Gasteiger charge is -2.13. The first-order valence-electron chi connectivity index (χ1n) is 10.2. The molecule has 0 saturated heterocycles. The number of hydrogen-bond donors (Lipinski definition) is 0. The van der Waals surface area contributed by atoms with Crippen LogP contribution >= 0.6 is 15.9 Å². The zero-order chi connectivity index (χ0) is 20.8. The first-order chi connectivity index (χ1) is 15.3. The number of nitrogens with zero attached hydrogens (tertiary/aromatic N) is 2. The zero-order valence-electron chi connectivity index (χ0n) is 16.6. The molecule has 146 valence electrons. The fraction of sp³-hybridized carbons (Fsp3) is 0. The lowest BCUT2D eigenvalue weighted by molar-refractivity contribution is 1.39. The summed E-state index contributed by atoms with van der Waals surface area (Å²) in [6.07, 6.45) is 1.83. The number of fused-ring (bicyclic) bond motifs is 4. The van der Waals surface area contributed by atoms with Gasteiger partial charge < -0.3 is 0 Å². The Balaban J connectivity index is 1.68. The minimum absolute atomic E-state index is 0.964. The maximum absolute atomic E-state index is 5.08. The topological polar surface area (TPSA) is 25.8 Å². The van der Waals surface area contributed by atoms with Crippen LogP contribution < -0.4 is 0 Å². The van der Waals surface area contributed by atoms with Crippen LogP contribution in [0.5, 0.6) is 0 Å². The average molecular weight is 461 g/mol. The smallest absolute Gasteiger partial charge is 0.0722 e. The van der Waals surface area contributed by atoms with Crippen LogP contribution in [0.3, 0.4) is 0 Å². The van der Waals surface area contributed by atoms with Gasteiger partial charge in [0.1, 0.15) is 0 Å². The summed E-state index contributed by atoms with van der Waals surface area (Å²) in [5.41, 5.74) is 6.41. The summed E-state index contributed by atoms with van der Waals surface area (Å²) in [5, 5.41) is 4.75. The maximum atomic E-state index is 5.08. The van der Waals surface area contributed by atoms with Gasteiger partial charge in [0.05, 0.1) is 16.7 Å². The molecule has 0 spiro atoms. The molecule has 0 bridgehead atoms. The van der Waals surface area contributed by atoms with Crippen LogP contribution in [0, 0.1) is 0 Å². The van der Waals surface area contributed by atoms with Gasteiger partial charge in [-0.3, -0.25) is 4.98 Å². The number of hydrogen-bond acceptors (Lipinski definition) is 2. The van der Waals surface area contributed by atoms with Crippen molar-refractivity contribution < 1.29 is 0 Å². The molecule has 0 aliphatic rings. The molecule has 6 aromatic rings. The van der Waals surface area contributed by atoms with E-state index in [-0.39, 0.29) is 0 Å². The highest BCUT2D eigenvalue weighted by molar-refractivity contribution is 9.10. The van der Waals surface area contributed by atoms with Crippen LogP contribution in [0.4, 0.5) is 0 Å². The number of pyridine rings is 2. The Morgan fingerprint density at radius 2 is 1.39 bits per heavy atom. The van der Waals surface area contributed by atoms with Gasteiger partial charge in [0.2, 0.25) is 0 Å². The third kappa shape index (κ3) is 3.18. The van der Waals surface area contributed by atoms with Gasteiger partial charge >= 0.3 is 0 Å². The van der Waals surface area contributed by atoms with Gasteiger partial charge in [0.15, 0.2) is 0 Å². The molecule has 0 radical (unpaired) electrons. The molecule has 0 N–H and O–H groups in total. The van der Waals surface area contributed by atoms with Crippen LogP contribution in [0.15, 0.2) is 108 Å². The third-order valence-corrected chi connectivity index (χ3v) is 6.28. The van der Waals surface area contributed by atoms with E-state index in [1.165, 1.54) is 27.3 Å². The Bertz CT molecular complexity index is 1590. The van der Waals surface area contributed by atoms with Gasteiger partial charge in [0, 0.05) is 27.0 Å². The molecule has 3 heteroatoms. The van der Waals surface area contributed by atoms with Crippen molar-refractivity contribution in [3.63, 3.8) is 0 Å². The quantitative estimate of drug-likeness (QED) is 0.244. The second-order valence-corrected chi connectivity index (χ2v) is 8.57. The Morgan fingerprint density at radius 3 is 2.29 bits per heavy atom. The summed E-state index contributed by atoms with van der Waals surface area (Å²) in [4.78, 5) is 9.53. The summed E-state index contributed by atoms with van der Waals surface area (Å²) in [6.45, 7) is 0. The van der Waals surface area contributed by atoms with E-state index in [0.717, 1.165) is 32.1 Å². The van der Waals surface area contributed by atoms with Crippen molar-refractivity contribution in [2.75, 3.05) is 0 Å². The first-order valence-corrected chi connectivity index (χ1v) is 11.0. The van der Waals surface area contributed by atoms with Crippen molar-refractivity contribution in [3.05, 3.63) is 108 Å². The summed E-state index contributed by atoms with van der Waals surface area (Å²) in [6, 6.07) is 33.9. The molecule has 0 amide bonds. The number of benzene rings is 4. The summed E-state index contributed by atoms with van der Waals surface area (Å²) >= 11 is 3.56. The van der Waals surface area contributed by atoms with E-state index in [2.05, 4.69) is 112 Å². The van der Waals surface area contributed by atoms with Crippen LogP contribution in [-0.2, 0) is 0 Å². The van der Waals surface area contributed by atoms with Gasteiger partial charge in [-0.2, -0.15) is 0 Å². The maximum Gasteiger partial charge on any atom is 0.0722 e.